The number of esters is 1. The van der Waals surface area contributed by atoms with Crippen molar-refractivity contribution in [2.75, 3.05) is 0 Å². The molecule has 0 unspecified atom stereocenters. The Bertz CT molecular complexity index is 348. The average Bonchev–Trinajstić information content (AvgIpc) is 2.71. The molecule has 0 saturated heterocycles. The standard InChI is InChI=1S/C12H16O2S/c1-12(2,3)14-11(13)9-7-8(9)10-5-4-6-15-10/h4-6,8-9H,7H2,1-3H3/t8-,9-/m1/s1. The van der Waals surface area contributed by atoms with Gasteiger partial charge in [-0.1, -0.05) is 6.07 Å². The van der Waals surface area contributed by atoms with E-state index in [0.29, 0.717) is 5.92 Å². The van der Waals surface area contributed by atoms with Gasteiger partial charge >= 0.3 is 5.97 Å². The molecule has 0 bridgehead atoms. The molecule has 0 radical (unpaired) electrons. The van der Waals surface area contributed by atoms with Gasteiger partial charge in [-0.3, -0.25) is 4.79 Å². The highest BCUT2D eigenvalue weighted by Gasteiger charge is 2.46. The zero-order valence-corrected chi connectivity index (χ0v) is 10.1. The van der Waals surface area contributed by atoms with Gasteiger partial charge < -0.3 is 4.74 Å². The van der Waals surface area contributed by atoms with Crippen LogP contribution in [-0.4, -0.2) is 11.6 Å². The highest BCUT2D eigenvalue weighted by Crippen LogP contribution is 2.50. The van der Waals surface area contributed by atoms with Crippen molar-refractivity contribution in [2.45, 2.75) is 38.7 Å². The summed E-state index contributed by atoms with van der Waals surface area (Å²) >= 11 is 1.72. The fourth-order valence-electron chi connectivity index (χ4n) is 1.65. The summed E-state index contributed by atoms with van der Waals surface area (Å²) < 4.78 is 5.36. The number of hydrogen-bond acceptors (Lipinski definition) is 3. The normalized spacial score (nSPS) is 25.0. The maximum absolute atomic E-state index is 11.7. The monoisotopic (exact) mass is 224 g/mol. The molecule has 2 rings (SSSR count). The van der Waals surface area contributed by atoms with Gasteiger partial charge in [-0.2, -0.15) is 0 Å². The quantitative estimate of drug-likeness (QED) is 0.721. The molecule has 15 heavy (non-hydrogen) atoms. The molecule has 1 aliphatic rings. The van der Waals surface area contributed by atoms with E-state index in [4.69, 9.17) is 4.74 Å². The summed E-state index contributed by atoms with van der Waals surface area (Å²) in [6, 6.07) is 4.13. The number of rotatable bonds is 2. The van der Waals surface area contributed by atoms with Crippen LogP contribution < -0.4 is 0 Å². The van der Waals surface area contributed by atoms with Crippen molar-refractivity contribution in [1.82, 2.24) is 0 Å². The molecule has 0 aliphatic heterocycles. The van der Waals surface area contributed by atoms with E-state index < -0.39 is 0 Å². The third-order valence-corrected chi connectivity index (χ3v) is 3.41. The van der Waals surface area contributed by atoms with E-state index in [9.17, 15) is 4.79 Å². The molecular weight excluding hydrogens is 208 g/mol. The molecule has 1 saturated carbocycles. The first-order valence-electron chi connectivity index (χ1n) is 5.23. The molecule has 0 N–H and O–H groups in total. The first-order chi connectivity index (χ1) is 6.97. The summed E-state index contributed by atoms with van der Waals surface area (Å²) in [4.78, 5) is 13.0. The van der Waals surface area contributed by atoms with Gasteiger partial charge in [0.15, 0.2) is 0 Å². The maximum atomic E-state index is 11.7. The van der Waals surface area contributed by atoms with Crippen LogP contribution in [0.25, 0.3) is 0 Å². The van der Waals surface area contributed by atoms with Crippen LogP contribution in [0.3, 0.4) is 0 Å². The Morgan fingerprint density at radius 2 is 2.27 bits per heavy atom. The van der Waals surface area contributed by atoms with Crippen molar-refractivity contribution in [2.24, 2.45) is 5.92 Å². The summed E-state index contributed by atoms with van der Waals surface area (Å²) in [6.45, 7) is 5.73. The molecule has 1 fully saturated rings. The maximum Gasteiger partial charge on any atom is 0.310 e. The number of ether oxygens (including phenoxy) is 1. The van der Waals surface area contributed by atoms with Crippen molar-refractivity contribution in [3.8, 4) is 0 Å². The third-order valence-electron chi connectivity index (χ3n) is 2.41. The molecule has 1 heterocycles. The first kappa shape index (κ1) is 10.7. The minimum atomic E-state index is -0.361. The number of carbonyl (C=O) groups is 1. The summed E-state index contributed by atoms with van der Waals surface area (Å²) in [5.74, 6) is 0.476. The van der Waals surface area contributed by atoms with Crippen LogP contribution in [0.15, 0.2) is 17.5 Å². The summed E-state index contributed by atoms with van der Waals surface area (Å²) in [5.41, 5.74) is -0.361. The Hall–Kier alpha value is -0.830. The minimum absolute atomic E-state index is 0.0408. The van der Waals surface area contributed by atoms with E-state index in [1.165, 1.54) is 4.88 Å². The predicted octanol–water partition coefficient (Wildman–Crippen LogP) is 3.19. The Morgan fingerprint density at radius 1 is 1.53 bits per heavy atom. The van der Waals surface area contributed by atoms with Gasteiger partial charge in [-0.05, 0) is 38.6 Å². The van der Waals surface area contributed by atoms with Crippen LogP contribution in [0.1, 0.15) is 38.0 Å². The van der Waals surface area contributed by atoms with Crippen molar-refractivity contribution in [1.29, 1.82) is 0 Å². The Balaban J connectivity index is 1.91. The lowest BCUT2D eigenvalue weighted by Crippen LogP contribution is -2.25. The van der Waals surface area contributed by atoms with Crippen LogP contribution in [0.4, 0.5) is 0 Å². The molecule has 3 heteroatoms. The summed E-state index contributed by atoms with van der Waals surface area (Å²) in [7, 11) is 0. The Morgan fingerprint density at radius 3 is 2.80 bits per heavy atom. The zero-order valence-electron chi connectivity index (χ0n) is 9.32. The van der Waals surface area contributed by atoms with Gasteiger partial charge in [-0.25, -0.2) is 0 Å². The lowest BCUT2D eigenvalue weighted by molar-refractivity contribution is -0.156. The minimum Gasteiger partial charge on any atom is -0.460 e. The largest absolute Gasteiger partial charge is 0.460 e. The molecule has 2 atom stereocenters. The van der Waals surface area contributed by atoms with E-state index in [1.54, 1.807) is 11.3 Å². The summed E-state index contributed by atoms with van der Waals surface area (Å²) in [6.07, 6.45) is 0.954. The smallest absolute Gasteiger partial charge is 0.310 e. The Kier molecular flexibility index (Phi) is 2.59. The highest BCUT2D eigenvalue weighted by atomic mass is 32.1. The molecule has 2 nitrogen and oxygen atoms in total. The van der Waals surface area contributed by atoms with Gasteiger partial charge in [0.25, 0.3) is 0 Å². The molecule has 1 aliphatic carbocycles. The van der Waals surface area contributed by atoms with Gasteiger partial charge in [0.05, 0.1) is 5.92 Å². The van der Waals surface area contributed by atoms with Crippen LogP contribution in [0, 0.1) is 5.92 Å². The third kappa shape index (κ3) is 2.59. The Labute approximate surface area is 94.3 Å². The molecule has 0 amide bonds. The van der Waals surface area contributed by atoms with Crippen LogP contribution >= 0.6 is 11.3 Å². The second-order valence-corrected chi connectivity index (χ2v) is 5.98. The van der Waals surface area contributed by atoms with Gasteiger partial charge in [0.1, 0.15) is 5.60 Å². The van der Waals surface area contributed by atoms with Crippen LogP contribution in [-0.2, 0) is 9.53 Å². The number of carbonyl (C=O) groups excluding carboxylic acids is 1. The SMILES string of the molecule is CC(C)(C)OC(=O)[C@@H]1C[C@H]1c1cccs1. The molecule has 82 valence electrons. The lowest BCUT2D eigenvalue weighted by Gasteiger charge is -2.19. The average molecular weight is 224 g/mol. The number of hydrogen-bond donors (Lipinski definition) is 0. The number of thiophene rings is 1. The van der Waals surface area contributed by atoms with Gasteiger partial charge in [0, 0.05) is 10.8 Å². The van der Waals surface area contributed by atoms with E-state index in [0.717, 1.165) is 6.42 Å². The first-order valence-corrected chi connectivity index (χ1v) is 6.11. The van der Waals surface area contributed by atoms with Gasteiger partial charge in [0.2, 0.25) is 0 Å². The topological polar surface area (TPSA) is 26.3 Å². The fraction of sp³-hybridized carbons (Fsp3) is 0.583. The second kappa shape index (κ2) is 3.63. The fourth-order valence-corrected chi connectivity index (χ4v) is 2.56. The van der Waals surface area contributed by atoms with Gasteiger partial charge in [-0.15, -0.1) is 11.3 Å². The molecule has 1 aromatic rings. The van der Waals surface area contributed by atoms with Crippen LogP contribution in [0.5, 0.6) is 0 Å². The second-order valence-electron chi connectivity index (χ2n) is 5.00. The summed E-state index contributed by atoms with van der Waals surface area (Å²) in [5, 5.41) is 2.06. The van der Waals surface area contributed by atoms with Crippen LogP contribution in [0.2, 0.25) is 0 Å². The van der Waals surface area contributed by atoms with Crippen molar-refractivity contribution < 1.29 is 9.53 Å². The molecule has 1 aromatic heterocycles. The van der Waals surface area contributed by atoms with Crippen molar-refractivity contribution in [3.63, 3.8) is 0 Å². The highest BCUT2D eigenvalue weighted by molar-refractivity contribution is 7.10. The van der Waals surface area contributed by atoms with E-state index in [-0.39, 0.29) is 17.5 Å². The van der Waals surface area contributed by atoms with E-state index in [2.05, 4.69) is 11.4 Å². The molecular formula is C12H16O2S. The van der Waals surface area contributed by atoms with E-state index in [1.807, 2.05) is 26.8 Å². The van der Waals surface area contributed by atoms with Crippen molar-refractivity contribution >= 4 is 17.3 Å². The molecule has 0 spiro atoms. The zero-order chi connectivity index (χ0) is 11.1. The molecule has 0 aromatic carbocycles. The predicted molar refractivity (Wildman–Crippen MR) is 61.0 cm³/mol. The lowest BCUT2D eigenvalue weighted by atomic mass is 10.2. The van der Waals surface area contributed by atoms with Crippen molar-refractivity contribution in [3.05, 3.63) is 22.4 Å². The van der Waals surface area contributed by atoms with E-state index >= 15 is 0 Å².